The number of aryl methyl sites for hydroxylation is 1. The summed E-state index contributed by atoms with van der Waals surface area (Å²) in [6.45, 7) is 2.87. The quantitative estimate of drug-likeness (QED) is 0.797. The molecule has 0 fully saturated rings. The average Bonchev–Trinajstić information content (AvgIpc) is 2.58. The summed E-state index contributed by atoms with van der Waals surface area (Å²) in [6.07, 6.45) is 2.09. The third kappa shape index (κ3) is 1.85. The van der Waals surface area contributed by atoms with E-state index in [0.29, 0.717) is 11.2 Å². The summed E-state index contributed by atoms with van der Waals surface area (Å²) in [5.41, 5.74) is 6.61. The molecule has 2 aromatic rings. The average molecular weight is 227 g/mol. The van der Waals surface area contributed by atoms with Gasteiger partial charge in [0.1, 0.15) is 0 Å². The summed E-state index contributed by atoms with van der Waals surface area (Å²) in [6, 6.07) is 0. The van der Waals surface area contributed by atoms with Gasteiger partial charge in [-0.05, 0) is 6.42 Å². The Morgan fingerprint density at radius 1 is 1.40 bits per heavy atom. The molecule has 6 nitrogen and oxygen atoms in total. The first kappa shape index (κ1) is 10.1. The third-order valence-corrected chi connectivity index (χ3v) is 2.32. The van der Waals surface area contributed by atoms with E-state index < -0.39 is 0 Å². The second kappa shape index (κ2) is 3.98. The number of fused-ring (bicyclic) bond motifs is 1. The van der Waals surface area contributed by atoms with Crippen LogP contribution in [0.4, 0.5) is 5.95 Å². The molecule has 7 heteroatoms. The Morgan fingerprint density at radius 2 is 2.20 bits per heavy atom. The normalized spacial score (nSPS) is 11.1. The van der Waals surface area contributed by atoms with Crippen LogP contribution in [0.15, 0.2) is 0 Å². The molecular formula is C8H11ClN6. The van der Waals surface area contributed by atoms with E-state index in [-0.39, 0.29) is 11.1 Å². The molecule has 0 saturated heterocycles. The summed E-state index contributed by atoms with van der Waals surface area (Å²) in [7, 11) is 0. The van der Waals surface area contributed by atoms with Gasteiger partial charge in [0.25, 0.3) is 0 Å². The van der Waals surface area contributed by atoms with Crippen molar-refractivity contribution in [3.63, 3.8) is 0 Å². The van der Waals surface area contributed by atoms with Gasteiger partial charge in [0.05, 0.1) is 0 Å². The summed E-state index contributed by atoms with van der Waals surface area (Å²) in [5, 5.41) is 8.12. The van der Waals surface area contributed by atoms with Gasteiger partial charge in [-0.3, -0.25) is 0 Å². The zero-order valence-corrected chi connectivity index (χ0v) is 9.07. The molecule has 0 spiro atoms. The highest BCUT2D eigenvalue weighted by atomic mass is 35.5. The maximum atomic E-state index is 5.86. The molecule has 0 saturated carbocycles. The van der Waals surface area contributed by atoms with Gasteiger partial charge in [0.15, 0.2) is 16.3 Å². The molecule has 80 valence electrons. The molecule has 0 aromatic carbocycles. The molecule has 0 unspecified atom stereocenters. The van der Waals surface area contributed by atoms with Crippen molar-refractivity contribution in [1.82, 2.24) is 25.0 Å². The first-order valence-corrected chi connectivity index (χ1v) is 5.12. The van der Waals surface area contributed by atoms with Gasteiger partial charge in [0.2, 0.25) is 5.95 Å². The van der Waals surface area contributed by atoms with Crippen LogP contribution in [0.25, 0.3) is 11.2 Å². The maximum absolute atomic E-state index is 5.86. The standard InChI is InChI=1S/C8H11ClN6/c1-2-3-4-15-7-5(13-14-15)6(9)11-8(10)12-7/h2-4H2,1H3,(H2,10,11,12). The van der Waals surface area contributed by atoms with Crippen molar-refractivity contribution >= 4 is 28.7 Å². The fraction of sp³-hybridized carbons (Fsp3) is 0.500. The van der Waals surface area contributed by atoms with Gasteiger partial charge < -0.3 is 5.73 Å². The van der Waals surface area contributed by atoms with Gasteiger partial charge >= 0.3 is 0 Å². The molecule has 2 heterocycles. The molecule has 2 aromatic heterocycles. The molecule has 0 aliphatic heterocycles. The van der Waals surface area contributed by atoms with Crippen molar-refractivity contribution in [3.05, 3.63) is 5.15 Å². The van der Waals surface area contributed by atoms with Gasteiger partial charge in [0, 0.05) is 6.54 Å². The lowest BCUT2D eigenvalue weighted by Gasteiger charge is -1.99. The minimum Gasteiger partial charge on any atom is -0.368 e. The fourth-order valence-electron chi connectivity index (χ4n) is 1.30. The van der Waals surface area contributed by atoms with Crippen LogP contribution in [-0.4, -0.2) is 25.0 Å². The number of unbranched alkanes of at least 4 members (excludes halogenated alkanes) is 1. The minimum absolute atomic E-state index is 0.146. The molecule has 0 radical (unpaired) electrons. The van der Waals surface area contributed by atoms with Crippen LogP contribution in [0.3, 0.4) is 0 Å². The van der Waals surface area contributed by atoms with E-state index in [4.69, 9.17) is 17.3 Å². The van der Waals surface area contributed by atoms with Crippen LogP contribution in [0, 0.1) is 0 Å². The van der Waals surface area contributed by atoms with Gasteiger partial charge in [-0.2, -0.15) is 9.97 Å². The summed E-state index contributed by atoms with van der Waals surface area (Å²) in [4.78, 5) is 7.88. The second-order valence-electron chi connectivity index (χ2n) is 3.21. The van der Waals surface area contributed by atoms with Crippen LogP contribution >= 0.6 is 11.6 Å². The molecule has 0 amide bonds. The van der Waals surface area contributed by atoms with Crippen LogP contribution in [-0.2, 0) is 6.54 Å². The number of nitrogens with zero attached hydrogens (tertiary/aromatic N) is 5. The monoisotopic (exact) mass is 226 g/mol. The predicted molar refractivity (Wildman–Crippen MR) is 57.4 cm³/mol. The highest BCUT2D eigenvalue weighted by Crippen LogP contribution is 2.18. The molecular weight excluding hydrogens is 216 g/mol. The van der Waals surface area contributed by atoms with Gasteiger partial charge in [-0.25, -0.2) is 4.68 Å². The molecule has 0 aliphatic rings. The van der Waals surface area contributed by atoms with Crippen LogP contribution in [0.1, 0.15) is 19.8 Å². The van der Waals surface area contributed by atoms with E-state index in [1.165, 1.54) is 0 Å². The predicted octanol–water partition coefficient (Wildman–Crippen LogP) is 1.26. The lowest BCUT2D eigenvalue weighted by atomic mass is 10.3. The Morgan fingerprint density at radius 3 is 2.93 bits per heavy atom. The van der Waals surface area contributed by atoms with E-state index in [0.717, 1.165) is 19.4 Å². The van der Waals surface area contributed by atoms with Crippen molar-refractivity contribution in [3.8, 4) is 0 Å². The first-order chi connectivity index (χ1) is 7.22. The van der Waals surface area contributed by atoms with Crippen molar-refractivity contribution in [1.29, 1.82) is 0 Å². The zero-order chi connectivity index (χ0) is 10.8. The van der Waals surface area contributed by atoms with Crippen molar-refractivity contribution in [2.45, 2.75) is 26.3 Å². The molecule has 0 aliphatic carbocycles. The third-order valence-electron chi connectivity index (χ3n) is 2.06. The van der Waals surface area contributed by atoms with E-state index in [1.807, 2.05) is 0 Å². The summed E-state index contributed by atoms with van der Waals surface area (Å²) >= 11 is 5.86. The van der Waals surface area contributed by atoms with E-state index >= 15 is 0 Å². The Hall–Kier alpha value is -1.43. The topological polar surface area (TPSA) is 82.5 Å². The van der Waals surface area contributed by atoms with Crippen LogP contribution in [0.2, 0.25) is 5.15 Å². The van der Waals surface area contributed by atoms with Crippen LogP contribution in [0.5, 0.6) is 0 Å². The SMILES string of the molecule is CCCCn1nnc2c(Cl)nc(N)nc21. The lowest BCUT2D eigenvalue weighted by Crippen LogP contribution is -2.03. The summed E-state index contributed by atoms with van der Waals surface area (Å²) in [5.74, 6) is 0.146. The largest absolute Gasteiger partial charge is 0.368 e. The zero-order valence-electron chi connectivity index (χ0n) is 8.31. The molecule has 0 bridgehead atoms. The Balaban J connectivity index is 2.49. The second-order valence-corrected chi connectivity index (χ2v) is 3.57. The van der Waals surface area contributed by atoms with Crippen molar-refractivity contribution in [2.75, 3.05) is 5.73 Å². The number of halogens is 1. The molecule has 2 rings (SSSR count). The van der Waals surface area contributed by atoms with E-state index in [1.54, 1.807) is 4.68 Å². The number of nitrogen functional groups attached to an aromatic ring is 1. The van der Waals surface area contributed by atoms with E-state index in [9.17, 15) is 0 Å². The van der Waals surface area contributed by atoms with Crippen molar-refractivity contribution < 1.29 is 0 Å². The van der Waals surface area contributed by atoms with Gasteiger partial charge in [-0.1, -0.05) is 30.2 Å². The maximum Gasteiger partial charge on any atom is 0.223 e. The Labute approximate surface area is 91.5 Å². The fourth-order valence-corrected chi connectivity index (χ4v) is 1.51. The number of rotatable bonds is 3. The van der Waals surface area contributed by atoms with E-state index in [2.05, 4.69) is 27.2 Å². The van der Waals surface area contributed by atoms with Crippen LogP contribution < -0.4 is 5.73 Å². The number of hydrogen-bond donors (Lipinski definition) is 1. The number of hydrogen-bond acceptors (Lipinski definition) is 5. The highest BCUT2D eigenvalue weighted by molar-refractivity contribution is 6.33. The van der Waals surface area contributed by atoms with Crippen molar-refractivity contribution in [2.24, 2.45) is 0 Å². The number of nitrogens with two attached hydrogens (primary N) is 1. The number of aromatic nitrogens is 5. The molecule has 15 heavy (non-hydrogen) atoms. The smallest absolute Gasteiger partial charge is 0.223 e. The number of anilines is 1. The lowest BCUT2D eigenvalue weighted by molar-refractivity contribution is 0.564. The highest BCUT2D eigenvalue weighted by Gasteiger charge is 2.11. The first-order valence-electron chi connectivity index (χ1n) is 4.74. The molecule has 2 N–H and O–H groups in total. The minimum atomic E-state index is 0.146. The molecule has 0 atom stereocenters. The Kier molecular flexibility index (Phi) is 2.68. The van der Waals surface area contributed by atoms with Gasteiger partial charge in [-0.15, -0.1) is 5.10 Å². The summed E-state index contributed by atoms with van der Waals surface area (Å²) < 4.78 is 1.70. The Bertz CT molecular complexity index is 479.